The van der Waals surface area contributed by atoms with Crippen LogP contribution in [0.5, 0.6) is 0 Å². The van der Waals surface area contributed by atoms with Crippen LogP contribution in [-0.4, -0.2) is 22.9 Å². The van der Waals surface area contributed by atoms with Gasteiger partial charge in [0.1, 0.15) is 5.60 Å². The van der Waals surface area contributed by atoms with Crippen molar-refractivity contribution in [1.29, 1.82) is 0 Å². The van der Waals surface area contributed by atoms with E-state index in [-0.39, 0.29) is 5.60 Å². The van der Waals surface area contributed by atoms with Crippen molar-refractivity contribution in [2.24, 2.45) is 5.16 Å². The van der Waals surface area contributed by atoms with Gasteiger partial charge in [0.25, 0.3) is 0 Å². The van der Waals surface area contributed by atoms with Gasteiger partial charge in [0.15, 0.2) is 6.21 Å². The smallest absolute Gasteiger partial charge is 0.350 e. The second-order valence-electron chi connectivity index (χ2n) is 3.32. The molecule has 68 valence electrons. The standard InChI is InChI=1S/C8H13NO3/c1-8(4-2-3-5-8)12-9-6-7(10)11/h6H,2-5H2,1H3,(H,10,11)/b9-6-. The number of nitrogens with zero attached hydrogens (tertiary/aromatic N) is 1. The first-order valence-corrected chi connectivity index (χ1v) is 4.07. The van der Waals surface area contributed by atoms with Crippen LogP contribution < -0.4 is 0 Å². The van der Waals surface area contributed by atoms with E-state index in [0.29, 0.717) is 0 Å². The molecule has 12 heavy (non-hydrogen) atoms. The monoisotopic (exact) mass is 171 g/mol. The van der Waals surface area contributed by atoms with E-state index in [1.54, 1.807) is 0 Å². The fourth-order valence-corrected chi connectivity index (χ4v) is 1.41. The topological polar surface area (TPSA) is 58.9 Å². The van der Waals surface area contributed by atoms with Gasteiger partial charge in [-0.25, -0.2) is 4.79 Å². The zero-order valence-electron chi connectivity index (χ0n) is 7.12. The van der Waals surface area contributed by atoms with Gasteiger partial charge in [-0.3, -0.25) is 0 Å². The Morgan fingerprint density at radius 1 is 1.58 bits per heavy atom. The van der Waals surface area contributed by atoms with Crippen LogP contribution >= 0.6 is 0 Å². The summed E-state index contributed by atoms with van der Waals surface area (Å²) >= 11 is 0. The highest BCUT2D eigenvalue weighted by atomic mass is 16.6. The predicted octanol–water partition coefficient (Wildman–Crippen LogP) is 1.41. The molecule has 1 fully saturated rings. The van der Waals surface area contributed by atoms with E-state index in [1.807, 2.05) is 6.92 Å². The van der Waals surface area contributed by atoms with Crippen molar-refractivity contribution in [3.63, 3.8) is 0 Å². The summed E-state index contributed by atoms with van der Waals surface area (Å²) in [4.78, 5) is 15.1. The molecule has 4 heteroatoms. The largest absolute Gasteiger partial charge is 0.477 e. The highest BCUT2D eigenvalue weighted by Gasteiger charge is 2.30. The van der Waals surface area contributed by atoms with Crippen molar-refractivity contribution in [3.05, 3.63) is 0 Å². The fraction of sp³-hybridized carbons (Fsp3) is 0.750. The lowest BCUT2D eigenvalue weighted by Gasteiger charge is -2.19. The van der Waals surface area contributed by atoms with E-state index >= 15 is 0 Å². The lowest BCUT2D eigenvalue weighted by Crippen LogP contribution is -2.21. The molecule has 0 aromatic carbocycles. The van der Waals surface area contributed by atoms with Crippen LogP contribution in [0.3, 0.4) is 0 Å². The number of aliphatic carboxylic acids is 1. The second-order valence-corrected chi connectivity index (χ2v) is 3.32. The Morgan fingerprint density at radius 3 is 2.67 bits per heavy atom. The third-order valence-corrected chi connectivity index (χ3v) is 2.10. The van der Waals surface area contributed by atoms with Gasteiger partial charge < -0.3 is 9.94 Å². The van der Waals surface area contributed by atoms with Crippen LogP contribution in [0.15, 0.2) is 5.16 Å². The van der Waals surface area contributed by atoms with Crippen molar-refractivity contribution in [2.45, 2.75) is 38.2 Å². The molecule has 1 N–H and O–H groups in total. The zero-order valence-corrected chi connectivity index (χ0v) is 7.12. The normalized spacial score (nSPS) is 21.4. The van der Waals surface area contributed by atoms with Gasteiger partial charge in [-0.2, -0.15) is 0 Å². The lowest BCUT2D eigenvalue weighted by molar-refractivity contribution is -0.129. The van der Waals surface area contributed by atoms with Gasteiger partial charge in [-0.05, 0) is 32.6 Å². The van der Waals surface area contributed by atoms with E-state index in [2.05, 4.69) is 5.16 Å². The van der Waals surface area contributed by atoms with E-state index in [9.17, 15) is 4.79 Å². The SMILES string of the molecule is CC1(O/N=C\C(=O)O)CCCC1. The van der Waals surface area contributed by atoms with Crippen LogP contribution in [0.2, 0.25) is 0 Å². The molecule has 0 atom stereocenters. The van der Waals surface area contributed by atoms with E-state index in [0.717, 1.165) is 31.9 Å². The van der Waals surface area contributed by atoms with Crippen molar-refractivity contribution >= 4 is 12.2 Å². The molecule has 0 aliphatic heterocycles. The maximum atomic E-state index is 10.0. The number of carbonyl (C=O) groups is 1. The third-order valence-electron chi connectivity index (χ3n) is 2.10. The average Bonchev–Trinajstić information content (AvgIpc) is 2.35. The summed E-state index contributed by atoms with van der Waals surface area (Å²) in [5.74, 6) is -1.07. The highest BCUT2D eigenvalue weighted by molar-refractivity contribution is 6.21. The molecule has 0 heterocycles. The van der Waals surface area contributed by atoms with Gasteiger partial charge >= 0.3 is 5.97 Å². The van der Waals surface area contributed by atoms with Crippen LogP contribution in [0, 0.1) is 0 Å². The predicted molar refractivity (Wildman–Crippen MR) is 44.1 cm³/mol. The van der Waals surface area contributed by atoms with Crippen molar-refractivity contribution in [3.8, 4) is 0 Å². The lowest BCUT2D eigenvalue weighted by atomic mass is 10.1. The molecule has 0 saturated heterocycles. The molecule has 1 aliphatic carbocycles. The second kappa shape index (κ2) is 3.56. The van der Waals surface area contributed by atoms with Crippen LogP contribution in [0.25, 0.3) is 0 Å². The molecule has 0 aromatic heterocycles. The Hall–Kier alpha value is -1.06. The number of carboxylic acids is 1. The summed E-state index contributed by atoms with van der Waals surface area (Å²) in [7, 11) is 0. The van der Waals surface area contributed by atoms with Gasteiger partial charge in [-0.15, -0.1) is 0 Å². The number of hydrogen-bond donors (Lipinski definition) is 1. The summed E-state index contributed by atoms with van der Waals surface area (Å²) < 4.78 is 0. The Balaban J connectivity index is 2.34. The summed E-state index contributed by atoms with van der Waals surface area (Å²) in [6, 6.07) is 0. The molecule has 0 radical (unpaired) electrons. The minimum atomic E-state index is -1.07. The molecule has 0 amide bonds. The molecule has 1 aliphatic rings. The number of rotatable bonds is 3. The zero-order chi connectivity index (χ0) is 9.03. The number of hydrogen-bond acceptors (Lipinski definition) is 3. The van der Waals surface area contributed by atoms with Gasteiger partial charge in [0.2, 0.25) is 0 Å². The Kier molecular flexibility index (Phi) is 2.68. The van der Waals surface area contributed by atoms with Crippen LogP contribution in [0.1, 0.15) is 32.6 Å². The van der Waals surface area contributed by atoms with Gasteiger partial charge in [-0.1, -0.05) is 5.16 Å². The Morgan fingerprint density at radius 2 is 2.17 bits per heavy atom. The minimum Gasteiger partial charge on any atom is -0.477 e. The summed E-state index contributed by atoms with van der Waals surface area (Å²) in [5, 5.41) is 11.6. The first kappa shape index (κ1) is 9.03. The summed E-state index contributed by atoms with van der Waals surface area (Å²) in [6.45, 7) is 1.96. The fourth-order valence-electron chi connectivity index (χ4n) is 1.41. The molecule has 0 aromatic rings. The molecule has 1 saturated carbocycles. The number of oxime groups is 1. The Labute approximate surface area is 71.2 Å². The molecule has 0 spiro atoms. The summed E-state index contributed by atoms with van der Waals surface area (Å²) in [6.07, 6.45) is 4.98. The maximum absolute atomic E-state index is 10.0. The van der Waals surface area contributed by atoms with Crippen LogP contribution in [-0.2, 0) is 9.63 Å². The first-order valence-electron chi connectivity index (χ1n) is 4.07. The molecule has 0 bridgehead atoms. The maximum Gasteiger partial charge on any atom is 0.350 e. The van der Waals surface area contributed by atoms with Gasteiger partial charge in [0, 0.05) is 0 Å². The summed E-state index contributed by atoms with van der Waals surface area (Å²) in [5.41, 5.74) is -0.230. The van der Waals surface area contributed by atoms with E-state index in [4.69, 9.17) is 9.94 Å². The molecule has 0 unspecified atom stereocenters. The van der Waals surface area contributed by atoms with Crippen molar-refractivity contribution in [1.82, 2.24) is 0 Å². The van der Waals surface area contributed by atoms with Crippen molar-refractivity contribution < 1.29 is 14.7 Å². The quantitative estimate of drug-likeness (QED) is 0.516. The Bertz CT molecular complexity index is 194. The van der Waals surface area contributed by atoms with E-state index < -0.39 is 5.97 Å². The minimum absolute atomic E-state index is 0.230. The average molecular weight is 171 g/mol. The van der Waals surface area contributed by atoms with Gasteiger partial charge in [0.05, 0.1) is 0 Å². The molecule has 4 nitrogen and oxygen atoms in total. The first-order chi connectivity index (χ1) is 5.62. The van der Waals surface area contributed by atoms with Crippen molar-refractivity contribution in [2.75, 3.05) is 0 Å². The molecule has 1 rings (SSSR count). The van der Waals surface area contributed by atoms with Crippen LogP contribution in [0.4, 0.5) is 0 Å². The molecular weight excluding hydrogens is 158 g/mol. The number of carboxylic acid groups (broad SMARTS) is 1. The van der Waals surface area contributed by atoms with E-state index in [1.165, 1.54) is 0 Å². The highest BCUT2D eigenvalue weighted by Crippen LogP contribution is 2.32. The molecular formula is C8H13NO3. The third kappa shape index (κ3) is 2.53.